The van der Waals surface area contributed by atoms with Crippen molar-refractivity contribution in [1.82, 2.24) is 5.32 Å². The number of hydrogen-bond acceptors (Lipinski definition) is 2. The molecule has 0 heterocycles. The van der Waals surface area contributed by atoms with Gasteiger partial charge in [0.15, 0.2) is 0 Å². The summed E-state index contributed by atoms with van der Waals surface area (Å²) in [6, 6.07) is 0. The van der Waals surface area contributed by atoms with E-state index in [9.17, 15) is 0 Å². The number of alkyl halides is 1. The van der Waals surface area contributed by atoms with Crippen molar-refractivity contribution >= 4 is 11.6 Å². The van der Waals surface area contributed by atoms with Crippen LogP contribution in [-0.2, 0) is 0 Å². The molecule has 0 saturated heterocycles. The fraction of sp³-hybridized carbons (Fsp3) is 1.00. The van der Waals surface area contributed by atoms with Crippen molar-refractivity contribution in [2.75, 3.05) is 25.5 Å². The summed E-state index contributed by atoms with van der Waals surface area (Å²) in [4.78, 5) is 0. The van der Waals surface area contributed by atoms with E-state index >= 15 is 0 Å². The van der Waals surface area contributed by atoms with Crippen LogP contribution in [0, 0.1) is 0 Å². The zero-order chi connectivity index (χ0) is 5.54. The number of halogens is 1. The van der Waals surface area contributed by atoms with E-state index in [1.807, 2.05) is 0 Å². The first kappa shape index (κ1) is 7.21. The zero-order valence-corrected chi connectivity index (χ0v) is 5.04. The third-order valence-corrected chi connectivity index (χ3v) is 0.781. The molecule has 44 valence electrons. The Labute approximate surface area is 49.0 Å². The lowest BCUT2D eigenvalue weighted by molar-refractivity contribution is 0.728. The van der Waals surface area contributed by atoms with Gasteiger partial charge in [-0.2, -0.15) is 0 Å². The molecule has 0 amide bonds. The molecule has 0 fully saturated rings. The maximum atomic E-state index is 5.33. The number of hydrogen-bond donors (Lipinski definition) is 2. The Bertz CT molecular complexity index is 28.9. The fourth-order valence-electron chi connectivity index (χ4n) is 0.294. The van der Waals surface area contributed by atoms with Gasteiger partial charge in [0, 0.05) is 25.5 Å². The van der Waals surface area contributed by atoms with Gasteiger partial charge >= 0.3 is 0 Å². The van der Waals surface area contributed by atoms with Gasteiger partial charge in [-0.3, -0.25) is 0 Å². The van der Waals surface area contributed by atoms with Crippen molar-refractivity contribution in [3.63, 3.8) is 0 Å². The van der Waals surface area contributed by atoms with Gasteiger partial charge in [0.05, 0.1) is 0 Å². The van der Waals surface area contributed by atoms with Gasteiger partial charge in [-0.25, -0.2) is 0 Å². The smallest absolute Gasteiger partial charge is 0.0348 e. The minimum absolute atomic E-state index is 0.667. The van der Waals surface area contributed by atoms with Crippen molar-refractivity contribution < 1.29 is 0 Å². The molecule has 0 aliphatic heterocycles. The van der Waals surface area contributed by atoms with Crippen LogP contribution in [0.25, 0.3) is 0 Å². The predicted octanol–water partition coefficient (Wildman–Crippen LogP) is -0.227. The minimum atomic E-state index is 0.667. The molecule has 7 heavy (non-hydrogen) atoms. The Morgan fingerprint density at radius 2 is 2.14 bits per heavy atom. The summed E-state index contributed by atoms with van der Waals surface area (Å²) >= 11 is 5.33. The van der Waals surface area contributed by atoms with E-state index in [1.165, 1.54) is 0 Å². The largest absolute Gasteiger partial charge is 0.329 e. The van der Waals surface area contributed by atoms with Gasteiger partial charge in [0.1, 0.15) is 0 Å². The van der Waals surface area contributed by atoms with Gasteiger partial charge in [0.2, 0.25) is 0 Å². The average Bonchev–Trinajstić information content (AvgIpc) is 1.69. The van der Waals surface area contributed by atoms with Crippen LogP contribution in [0.1, 0.15) is 0 Å². The third kappa shape index (κ3) is 6.21. The summed E-state index contributed by atoms with van der Waals surface area (Å²) < 4.78 is 0. The minimum Gasteiger partial charge on any atom is -0.329 e. The average molecular weight is 123 g/mol. The van der Waals surface area contributed by atoms with Gasteiger partial charge in [0.25, 0.3) is 0 Å². The van der Waals surface area contributed by atoms with Crippen LogP contribution in [0.2, 0.25) is 0 Å². The van der Waals surface area contributed by atoms with Crippen LogP contribution in [-0.4, -0.2) is 25.5 Å². The normalized spacial score (nSPS) is 9.43. The van der Waals surface area contributed by atoms with Crippen molar-refractivity contribution in [3.05, 3.63) is 0 Å². The Hall–Kier alpha value is 0.210. The first-order chi connectivity index (χ1) is 3.41. The molecule has 0 radical (unpaired) electrons. The monoisotopic (exact) mass is 122 g/mol. The molecule has 0 aliphatic carbocycles. The van der Waals surface area contributed by atoms with Crippen molar-refractivity contribution in [2.45, 2.75) is 0 Å². The van der Waals surface area contributed by atoms with Crippen LogP contribution in [0.15, 0.2) is 0 Å². The molecule has 0 aromatic rings. The summed E-state index contributed by atoms with van der Waals surface area (Å²) in [5.41, 5.74) is 5.16. The second kappa shape index (κ2) is 6.21. The molecule has 0 atom stereocenters. The molecule has 0 spiro atoms. The van der Waals surface area contributed by atoms with Crippen molar-refractivity contribution in [2.24, 2.45) is 5.73 Å². The summed E-state index contributed by atoms with van der Waals surface area (Å²) in [6.07, 6.45) is 0. The quantitative estimate of drug-likeness (QED) is 0.400. The van der Waals surface area contributed by atoms with Gasteiger partial charge in [-0.1, -0.05) is 0 Å². The highest BCUT2D eigenvalue weighted by Gasteiger charge is 1.77. The highest BCUT2D eigenvalue weighted by atomic mass is 35.5. The Balaban J connectivity index is 2.45. The second-order valence-electron chi connectivity index (χ2n) is 1.23. The first-order valence-electron chi connectivity index (χ1n) is 2.38. The van der Waals surface area contributed by atoms with Crippen LogP contribution < -0.4 is 11.1 Å². The highest BCUT2D eigenvalue weighted by Crippen LogP contribution is 1.66. The fourth-order valence-corrected chi connectivity index (χ4v) is 0.428. The highest BCUT2D eigenvalue weighted by molar-refractivity contribution is 6.18. The van der Waals surface area contributed by atoms with Crippen LogP contribution in [0.4, 0.5) is 0 Å². The van der Waals surface area contributed by atoms with E-state index in [2.05, 4.69) is 5.32 Å². The van der Waals surface area contributed by atoms with Crippen molar-refractivity contribution in [1.29, 1.82) is 0 Å². The maximum absolute atomic E-state index is 5.33. The molecular weight excluding hydrogens is 112 g/mol. The number of nitrogens with two attached hydrogens (primary N) is 1. The van der Waals surface area contributed by atoms with E-state index in [0.29, 0.717) is 12.4 Å². The molecule has 3 N–H and O–H groups in total. The Morgan fingerprint density at radius 1 is 1.43 bits per heavy atom. The molecule has 0 aliphatic rings. The molecular formula is C4H11ClN2. The van der Waals surface area contributed by atoms with Gasteiger partial charge in [-0.05, 0) is 0 Å². The number of nitrogens with one attached hydrogen (secondary N) is 1. The standard InChI is InChI=1S/C4H11ClN2/c5-1-3-7-4-2-6/h7H,1-4,6H2. The number of rotatable bonds is 4. The van der Waals surface area contributed by atoms with Gasteiger partial charge < -0.3 is 11.1 Å². The molecule has 0 rings (SSSR count). The van der Waals surface area contributed by atoms with E-state index in [0.717, 1.165) is 13.1 Å². The van der Waals surface area contributed by atoms with E-state index in [1.54, 1.807) is 0 Å². The summed E-state index contributed by atoms with van der Waals surface area (Å²) in [7, 11) is 0. The Morgan fingerprint density at radius 3 is 2.57 bits per heavy atom. The third-order valence-electron chi connectivity index (χ3n) is 0.592. The first-order valence-corrected chi connectivity index (χ1v) is 2.92. The van der Waals surface area contributed by atoms with E-state index < -0.39 is 0 Å². The zero-order valence-electron chi connectivity index (χ0n) is 4.28. The molecule has 3 heteroatoms. The lowest BCUT2D eigenvalue weighted by Crippen LogP contribution is -2.23. The van der Waals surface area contributed by atoms with Crippen LogP contribution in [0.5, 0.6) is 0 Å². The Kier molecular flexibility index (Phi) is 6.40. The second-order valence-corrected chi connectivity index (χ2v) is 1.61. The predicted molar refractivity (Wildman–Crippen MR) is 32.6 cm³/mol. The summed E-state index contributed by atoms with van der Waals surface area (Å²) in [6.45, 7) is 2.42. The molecule has 0 saturated carbocycles. The van der Waals surface area contributed by atoms with Crippen LogP contribution in [0.3, 0.4) is 0 Å². The topological polar surface area (TPSA) is 38.0 Å². The SMILES string of the molecule is NCCNCCCl. The van der Waals surface area contributed by atoms with Crippen LogP contribution >= 0.6 is 11.6 Å². The lowest BCUT2D eigenvalue weighted by atomic mass is 10.6. The maximum Gasteiger partial charge on any atom is 0.0348 e. The molecule has 0 aromatic heterocycles. The summed E-state index contributed by atoms with van der Waals surface area (Å²) in [5.74, 6) is 0.667. The van der Waals surface area contributed by atoms with Crippen molar-refractivity contribution in [3.8, 4) is 0 Å². The lowest BCUT2D eigenvalue weighted by Gasteiger charge is -1.94. The molecule has 0 unspecified atom stereocenters. The van der Waals surface area contributed by atoms with Gasteiger partial charge in [-0.15, -0.1) is 11.6 Å². The molecule has 2 nitrogen and oxygen atoms in total. The van der Waals surface area contributed by atoms with E-state index in [4.69, 9.17) is 17.3 Å². The van der Waals surface area contributed by atoms with E-state index in [-0.39, 0.29) is 0 Å². The molecule has 0 bridgehead atoms. The molecule has 0 aromatic carbocycles. The summed E-state index contributed by atoms with van der Waals surface area (Å²) in [5, 5.41) is 3.03.